The van der Waals surface area contributed by atoms with E-state index >= 15 is 0 Å². The zero-order chi connectivity index (χ0) is 27.4. The van der Waals surface area contributed by atoms with Crippen LogP contribution in [0.15, 0.2) is 0 Å². The van der Waals surface area contributed by atoms with Crippen LogP contribution in [0.25, 0.3) is 0 Å². The summed E-state index contributed by atoms with van der Waals surface area (Å²) >= 11 is 0. The minimum Gasteiger partial charge on any atom is -0.378 e. The molecule has 2 N–H and O–H groups in total. The van der Waals surface area contributed by atoms with Crippen LogP contribution in [-0.4, -0.2) is 96.5 Å². The summed E-state index contributed by atoms with van der Waals surface area (Å²) in [5.74, 6) is -11.1. The van der Waals surface area contributed by atoms with E-state index in [1.54, 1.807) is 13.8 Å². The molecule has 2 heterocycles. The SMILES string of the molecule is CC(C)[C@H](NC(=O)N1CCOCC1)C(=O)N1CCC[C@H]1C(=O)N[C@H](C(=O)C(F)(F)C(F)(F)F)C(C)C. The summed E-state index contributed by atoms with van der Waals surface area (Å²) in [7, 11) is 0. The molecule has 2 fully saturated rings. The fourth-order valence-corrected chi connectivity index (χ4v) is 4.11. The first-order valence-corrected chi connectivity index (χ1v) is 11.8. The molecular formula is C22H33F5N4O5. The minimum absolute atomic E-state index is 0.118. The van der Waals surface area contributed by atoms with Gasteiger partial charge in [0.1, 0.15) is 12.1 Å². The number of carbonyl (C=O) groups is 4. The molecule has 36 heavy (non-hydrogen) atoms. The van der Waals surface area contributed by atoms with Gasteiger partial charge in [0, 0.05) is 19.6 Å². The number of ether oxygens (including phenoxy) is 1. The highest BCUT2D eigenvalue weighted by Crippen LogP contribution is 2.37. The van der Waals surface area contributed by atoms with Gasteiger partial charge in [0.15, 0.2) is 0 Å². The summed E-state index contributed by atoms with van der Waals surface area (Å²) in [6.07, 6.45) is -5.62. The molecule has 3 atom stereocenters. The van der Waals surface area contributed by atoms with Crippen LogP contribution in [0.4, 0.5) is 26.7 Å². The highest BCUT2D eigenvalue weighted by Gasteiger charge is 2.64. The van der Waals surface area contributed by atoms with E-state index in [1.165, 1.54) is 23.6 Å². The zero-order valence-corrected chi connectivity index (χ0v) is 20.7. The zero-order valence-electron chi connectivity index (χ0n) is 20.7. The molecule has 4 amide bonds. The van der Waals surface area contributed by atoms with Gasteiger partial charge in [-0.3, -0.25) is 14.4 Å². The molecule has 0 aromatic carbocycles. The molecule has 0 radical (unpaired) electrons. The van der Waals surface area contributed by atoms with E-state index < -0.39 is 59.8 Å². The molecule has 14 heteroatoms. The second-order valence-electron chi connectivity index (χ2n) is 9.63. The maximum absolute atomic E-state index is 13.7. The van der Waals surface area contributed by atoms with Crippen LogP contribution in [0.2, 0.25) is 0 Å². The Bertz CT molecular complexity index is 830. The summed E-state index contributed by atoms with van der Waals surface area (Å²) in [6, 6.07) is -4.79. The van der Waals surface area contributed by atoms with Crippen LogP contribution in [0.5, 0.6) is 0 Å². The first-order valence-electron chi connectivity index (χ1n) is 11.8. The maximum Gasteiger partial charge on any atom is 0.461 e. The lowest BCUT2D eigenvalue weighted by Gasteiger charge is -2.34. The summed E-state index contributed by atoms with van der Waals surface area (Å²) in [5.41, 5.74) is 0. The predicted molar refractivity (Wildman–Crippen MR) is 117 cm³/mol. The molecule has 2 rings (SSSR count). The van der Waals surface area contributed by atoms with E-state index in [9.17, 15) is 41.1 Å². The topological polar surface area (TPSA) is 108 Å². The second-order valence-corrected chi connectivity index (χ2v) is 9.63. The number of ketones is 1. The molecule has 206 valence electrons. The number of rotatable bonds is 8. The maximum atomic E-state index is 13.7. The third kappa shape index (κ3) is 6.62. The van der Waals surface area contributed by atoms with Crippen molar-refractivity contribution in [3.63, 3.8) is 0 Å². The first kappa shape index (κ1) is 29.7. The number of amides is 4. The van der Waals surface area contributed by atoms with Gasteiger partial charge in [0.2, 0.25) is 17.6 Å². The third-order valence-electron chi connectivity index (χ3n) is 6.26. The molecule has 2 aliphatic heterocycles. The standard InChI is InChI=1S/C22H33F5N4O5/c1-12(2)15(17(32)21(23,24)22(25,26)27)28-18(33)14-6-5-7-31(14)19(34)16(13(3)4)29-20(35)30-8-10-36-11-9-30/h12-16H,5-11H2,1-4H3,(H,28,33)(H,29,35)/t14-,15-,16-/m0/s1. The monoisotopic (exact) mass is 528 g/mol. The fourth-order valence-electron chi connectivity index (χ4n) is 4.11. The summed E-state index contributed by atoms with van der Waals surface area (Å²) in [5, 5.41) is 4.68. The smallest absolute Gasteiger partial charge is 0.378 e. The number of hydrogen-bond donors (Lipinski definition) is 2. The molecule has 9 nitrogen and oxygen atoms in total. The first-order chi connectivity index (χ1) is 16.6. The molecule has 0 saturated carbocycles. The van der Waals surface area contributed by atoms with Gasteiger partial charge in [-0.2, -0.15) is 22.0 Å². The number of halogens is 5. The van der Waals surface area contributed by atoms with Gasteiger partial charge < -0.3 is 25.2 Å². The number of Topliss-reactive ketones (excluding diaryl/α,β-unsaturated/α-hetero) is 1. The summed E-state index contributed by atoms with van der Waals surface area (Å²) in [4.78, 5) is 53.6. The van der Waals surface area contributed by atoms with E-state index in [1.807, 2.05) is 5.32 Å². The Labute approximate surface area is 206 Å². The molecule has 0 unspecified atom stereocenters. The van der Waals surface area contributed by atoms with Gasteiger partial charge in [-0.25, -0.2) is 4.79 Å². The largest absolute Gasteiger partial charge is 0.461 e. The number of likely N-dealkylation sites (tertiary alicyclic amines) is 1. The van der Waals surface area contributed by atoms with Crippen LogP contribution in [-0.2, 0) is 19.1 Å². The van der Waals surface area contributed by atoms with Crippen molar-refractivity contribution in [2.45, 2.75) is 70.8 Å². The molecule has 0 spiro atoms. The lowest BCUT2D eigenvalue weighted by Crippen LogP contribution is -2.60. The Morgan fingerprint density at radius 2 is 1.42 bits per heavy atom. The van der Waals surface area contributed by atoms with Crippen molar-refractivity contribution in [3.05, 3.63) is 0 Å². The van der Waals surface area contributed by atoms with Gasteiger partial charge in [0.25, 0.3) is 0 Å². The van der Waals surface area contributed by atoms with Crippen molar-refractivity contribution in [3.8, 4) is 0 Å². The molecule has 0 bridgehead atoms. The highest BCUT2D eigenvalue weighted by atomic mass is 19.4. The molecule has 2 saturated heterocycles. The van der Waals surface area contributed by atoms with E-state index in [-0.39, 0.29) is 18.9 Å². The molecule has 0 aromatic rings. The number of morpholine rings is 1. The van der Waals surface area contributed by atoms with E-state index in [4.69, 9.17) is 4.74 Å². The van der Waals surface area contributed by atoms with Crippen molar-refractivity contribution >= 4 is 23.6 Å². The van der Waals surface area contributed by atoms with Crippen molar-refractivity contribution in [1.82, 2.24) is 20.4 Å². The Morgan fingerprint density at radius 3 is 1.92 bits per heavy atom. The van der Waals surface area contributed by atoms with Crippen molar-refractivity contribution < 1.29 is 45.9 Å². The summed E-state index contributed by atoms with van der Waals surface area (Å²) < 4.78 is 70.8. The molecular weight excluding hydrogens is 495 g/mol. The molecule has 0 aliphatic carbocycles. The predicted octanol–water partition coefficient (Wildman–Crippen LogP) is 1.95. The number of alkyl halides is 5. The molecule has 2 aliphatic rings. The van der Waals surface area contributed by atoms with Gasteiger partial charge in [-0.05, 0) is 24.7 Å². The third-order valence-corrected chi connectivity index (χ3v) is 6.26. The lowest BCUT2D eigenvalue weighted by atomic mass is 9.95. The van der Waals surface area contributed by atoms with E-state index in [0.29, 0.717) is 32.7 Å². The van der Waals surface area contributed by atoms with Crippen LogP contribution in [0.3, 0.4) is 0 Å². The number of nitrogens with zero attached hydrogens (tertiary/aromatic N) is 2. The second kappa shape index (κ2) is 11.7. The number of nitrogens with one attached hydrogen (secondary N) is 2. The Kier molecular flexibility index (Phi) is 9.65. The van der Waals surface area contributed by atoms with Crippen LogP contribution < -0.4 is 10.6 Å². The Balaban J connectivity index is 2.16. The van der Waals surface area contributed by atoms with Crippen molar-refractivity contribution in [1.29, 1.82) is 0 Å². The minimum atomic E-state index is -6.11. The molecule has 0 aromatic heterocycles. The normalized spacial score (nSPS) is 20.9. The average Bonchev–Trinajstić information content (AvgIpc) is 3.29. The average molecular weight is 529 g/mol. The Hall–Kier alpha value is -2.51. The van der Waals surface area contributed by atoms with Crippen molar-refractivity contribution in [2.24, 2.45) is 11.8 Å². The van der Waals surface area contributed by atoms with Crippen molar-refractivity contribution in [2.75, 3.05) is 32.8 Å². The summed E-state index contributed by atoms with van der Waals surface area (Å²) in [6.45, 7) is 7.34. The van der Waals surface area contributed by atoms with Crippen LogP contribution in [0.1, 0.15) is 40.5 Å². The van der Waals surface area contributed by atoms with Crippen LogP contribution >= 0.6 is 0 Å². The number of urea groups is 1. The highest BCUT2D eigenvalue weighted by molar-refractivity contribution is 5.97. The number of carbonyl (C=O) groups excluding carboxylic acids is 4. The van der Waals surface area contributed by atoms with Gasteiger partial charge in [-0.15, -0.1) is 0 Å². The van der Waals surface area contributed by atoms with Crippen LogP contribution in [0, 0.1) is 11.8 Å². The van der Waals surface area contributed by atoms with E-state index in [2.05, 4.69) is 5.32 Å². The quantitative estimate of drug-likeness (QED) is 0.469. The number of hydrogen-bond acceptors (Lipinski definition) is 5. The fraction of sp³-hybridized carbons (Fsp3) is 0.818. The van der Waals surface area contributed by atoms with Gasteiger partial charge in [-0.1, -0.05) is 27.7 Å². The Morgan fingerprint density at radius 1 is 0.861 bits per heavy atom. The van der Waals surface area contributed by atoms with Gasteiger partial charge in [0.05, 0.1) is 19.3 Å². The van der Waals surface area contributed by atoms with Gasteiger partial charge >= 0.3 is 18.1 Å². The van der Waals surface area contributed by atoms with E-state index in [0.717, 1.165) is 0 Å². The lowest BCUT2D eigenvalue weighted by molar-refractivity contribution is -0.270.